The van der Waals surface area contributed by atoms with Crippen LogP contribution in [0.15, 0.2) is 45.6 Å². The summed E-state index contributed by atoms with van der Waals surface area (Å²) in [6.07, 6.45) is 3.53. The molecule has 0 spiro atoms. The molecule has 0 unspecified atom stereocenters. The van der Waals surface area contributed by atoms with E-state index < -0.39 is 5.60 Å². The van der Waals surface area contributed by atoms with Crippen molar-refractivity contribution in [2.24, 2.45) is 11.8 Å². The Morgan fingerprint density at radius 3 is 2.50 bits per heavy atom. The molecule has 40 heavy (non-hydrogen) atoms. The van der Waals surface area contributed by atoms with E-state index in [9.17, 15) is 9.59 Å². The lowest BCUT2D eigenvalue weighted by atomic mass is 9.82. The predicted octanol–water partition coefficient (Wildman–Crippen LogP) is 6.43. The zero-order chi connectivity index (χ0) is 28.4. The van der Waals surface area contributed by atoms with Crippen LogP contribution in [0.4, 0.5) is 0 Å². The van der Waals surface area contributed by atoms with Crippen LogP contribution in [0, 0.1) is 11.8 Å². The molecule has 8 nitrogen and oxygen atoms in total. The van der Waals surface area contributed by atoms with E-state index in [1.54, 1.807) is 37.4 Å². The number of hydrogen-bond donors (Lipinski definition) is 0. The van der Waals surface area contributed by atoms with Crippen LogP contribution in [-0.4, -0.2) is 44.6 Å². The molecule has 0 N–H and O–H groups in total. The summed E-state index contributed by atoms with van der Waals surface area (Å²) in [5.41, 5.74) is 0.138. The number of carbonyl (C=O) groups excluding carboxylic acids is 1. The van der Waals surface area contributed by atoms with E-state index in [2.05, 4.69) is 0 Å². The van der Waals surface area contributed by atoms with E-state index in [-0.39, 0.29) is 30.0 Å². The van der Waals surface area contributed by atoms with Gasteiger partial charge in [0.15, 0.2) is 22.5 Å². The number of carbonyl (C=O) groups is 1. The van der Waals surface area contributed by atoms with Gasteiger partial charge in [0.2, 0.25) is 0 Å². The fraction of sp³-hybridized carbons (Fsp3) is 0.484. The lowest BCUT2D eigenvalue weighted by Crippen LogP contribution is -2.40. The summed E-state index contributed by atoms with van der Waals surface area (Å²) < 4.78 is 35.3. The van der Waals surface area contributed by atoms with Crippen molar-refractivity contribution in [2.75, 3.05) is 26.9 Å². The van der Waals surface area contributed by atoms with Crippen molar-refractivity contribution in [2.45, 2.75) is 58.2 Å². The van der Waals surface area contributed by atoms with Gasteiger partial charge in [0.1, 0.15) is 23.7 Å². The molecule has 214 valence electrons. The Bertz CT molecular complexity index is 1430. The van der Waals surface area contributed by atoms with Gasteiger partial charge in [-0.2, -0.15) is 0 Å². The summed E-state index contributed by atoms with van der Waals surface area (Å²) in [6.45, 7) is 6.74. The van der Waals surface area contributed by atoms with Crippen LogP contribution in [0.3, 0.4) is 0 Å². The van der Waals surface area contributed by atoms with Crippen LogP contribution in [0.5, 0.6) is 17.2 Å². The Morgan fingerprint density at radius 1 is 1.02 bits per heavy atom. The number of rotatable bonds is 11. The molecule has 2 aromatic carbocycles. The highest BCUT2D eigenvalue weighted by Gasteiger charge is 2.37. The molecular formula is C31H35ClO8. The van der Waals surface area contributed by atoms with Crippen molar-refractivity contribution in [3.8, 4) is 28.6 Å². The quantitative estimate of drug-likeness (QED) is 0.192. The molecule has 2 saturated carbocycles. The highest BCUT2D eigenvalue weighted by atomic mass is 35.5. The number of esters is 1. The highest BCUT2D eigenvalue weighted by molar-refractivity contribution is 6.34. The third kappa shape index (κ3) is 6.73. The number of methoxy groups -OCH3 is 1. The molecule has 0 atom stereocenters. The van der Waals surface area contributed by atoms with Gasteiger partial charge in [-0.3, -0.25) is 9.59 Å². The molecule has 9 heteroatoms. The fourth-order valence-electron chi connectivity index (χ4n) is 4.54. The zero-order valence-electron chi connectivity index (χ0n) is 23.3. The number of hydrogen-bond acceptors (Lipinski definition) is 8. The average Bonchev–Trinajstić information content (AvgIpc) is 3.70. The van der Waals surface area contributed by atoms with Gasteiger partial charge >= 0.3 is 5.97 Å². The van der Waals surface area contributed by atoms with Crippen molar-refractivity contribution in [3.05, 3.63) is 51.6 Å². The highest BCUT2D eigenvalue weighted by Crippen LogP contribution is 2.42. The number of halogens is 1. The molecule has 1 aromatic heterocycles. The molecule has 0 aliphatic heterocycles. The van der Waals surface area contributed by atoms with Crippen LogP contribution in [0.2, 0.25) is 5.02 Å². The van der Waals surface area contributed by atoms with Crippen molar-refractivity contribution in [1.29, 1.82) is 0 Å². The summed E-state index contributed by atoms with van der Waals surface area (Å²) in [6, 6.07) is 10.0. The first-order valence-corrected chi connectivity index (χ1v) is 14.0. The van der Waals surface area contributed by atoms with E-state index in [0.29, 0.717) is 76.5 Å². The first-order chi connectivity index (χ1) is 19.1. The molecule has 0 bridgehead atoms. The Labute approximate surface area is 238 Å². The maximum absolute atomic E-state index is 12.9. The van der Waals surface area contributed by atoms with E-state index in [1.807, 2.05) is 20.8 Å². The minimum Gasteiger partial charge on any atom is -0.493 e. The standard InChI is InChI=1S/C31H35ClO8/c1-31(2,3)40-30(34)19-12-20(13-19)36-10-11-37-25-16-27(35-4)28(38-17-18-8-9-18)14-22(25)26-15-24(33)21-6-5-7-23(32)29(21)39-26/h5-7,14-16,18-20H,8-13,17H2,1-4H3/t19-,20+. The Kier molecular flexibility index (Phi) is 8.29. The number of benzene rings is 2. The van der Waals surface area contributed by atoms with Crippen molar-refractivity contribution in [3.63, 3.8) is 0 Å². The van der Waals surface area contributed by atoms with Crippen molar-refractivity contribution in [1.82, 2.24) is 0 Å². The Hall–Kier alpha value is -3.23. The zero-order valence-corrected chi connectivity index (χ0v) is 24.0. The number of ether oxygens (including phenoxy) is 5. The van der Waals surface area contributed by atoms with Crippen molar-refractivity contribution >= 4 is 28.5 Å². The Balaban J connectivity index is 1.31. The van der Waals surface area contributed by atoms with Gasteiger partial charge in [0, 0.05) is 12.1 Å². The second kappa shape index (κ2) is 11.7. The summed E-state index contributed by atoms with van der Waals surface area (Å²) in [7, 11) is 1.57. The molecule has 2 aliphatic rings. The lowest BCUT2D eigenvalue weighted by Gasteiger charge is -2.35. The third-order valence-electron chi connectivity index (χ3n) is 6.94. The van der Waals surface area contributed by atoms with Crippen LogP contribution in [0.25, 0.3) is 22.3 Å². The van der Waals surface area contributed by atoms with Crippen LogP contribution in [0.1, 0.15) is 46.5 Å². The first-order valence-electron chi connectivity index (χ1n) is 13.7. The van der Waals surface area contributed by atoms with Crippen LogP contribution in [-0.2, 0) is 14.3 Å². The van der Waals surface area contributed by atoms with E-state index >= 15 is 0 Å². The maximum Gasteiger partial charge on any atom is 0.309 e. The minimum absolute atomic E-state index is 0.0195. The minimum atomic E-state index is -0.496. The van der Waals surface area contributed by atoms with E-state index in [0.717, 1.165) is 12.8 Å². The molecule has 0 radical (unpaired) electrons. The monoisotopic (exact) mass is 570 g/mol. The number of fused-ring (bicyclic) bond motifs is 1. The molecule has 0 amide bonds. The number of para-hydroxylation sites is 1. The molecule has 2 fully saturated rings. The summed E-state index contributed by atoms with van der Waals surface area (Å²) in [5, 5.41) is 0.743. The SMILES string of the molecule is COc1cc(OCCO[C@H]2C[C@@H](C(=O)OC(C)(C)C)C2)c(-c2cc(=O)c3cccc(Cl)c3o2)cc1OCC1CC1. The summed E-state index contributed by atoms with van der Waals surface area (Å²) in [5.74, 6) is 2.04. The smallest absolute Gasteiger partial charge is 0.309 e. The second-order valence-electron chi connectivity index (χ2n) is 11.4. The van der Waals surface area contributed by atoms with Gasteiger partial charge in [-0.05, 0) is 70.6 Å². The van der Waals surface area contributed by atoms with Crippen LogP contribution >= 0.6 is 11.6 Å². The van der Waals surface area contributed by atoms with Crippen LogP contribution < -0.4 is 19.6 Å². The van der Waals surface area contributed by atoms with Gasteiger partial charge in [-0.1, -0.05) is 17.7 Å². The molecule has 5 rings (SSSR count). The molecule has 3 aromatic rings. The van der Waals surface area contributed by atoms with E-state index in [4.69, 9.17) is 39.7 Å². The second-order valence-corrected chi connectivity index (χ2v) is 11.8. The largest absolute Gasteiger partial charge is 0.493 e. The van der Waals surface area contributed by atoms with E-state index in [1.165, 1.54) is 6.07 Å². The van der Waals surface area contributed by atoms with Gasteiger partial charge in [0.05, 0.1) is 48.3 Å². The van der Waals surface area contributed by atoms with Gasteiger partial charge < -0.3 is 28.1 Å². The summed E-state index contributed by atoms with van der Waals surface area (Å²) >= 11 is 6.36. The molecule has 0 saturated heterocycles. The molecular weight excluding hydrogens is 536 g/mol. The lowest BCUT2D eigenvalue weighted by molar-refractivity contribution is -0.169. The van der Waals surface area contributed by atoms with Gasteiger partial charge in [-0.25, -0.2) is 0 Å². The summed E-state index contributed by atoms with van der Waals surface area (Å²) in [4.78, 5) is 25.1. The predicted molar refractivity (Wildman–Crippen MR) is 152 cm³/mol. The third-order valence-corrected chi connectivity index (χ3v) is 7.24. The molecule has 2 aliphatic carbocycles. The average molecular weight is 571 g/mol. The first kappa shape index (κ1) is 28.3. The maximum atomic E-state index is 12.9. The fourth-order valence-corrected chi connectivity index (χ4v) is 4.75. The van der Waals surface area contributed by atoms with Gasteiger partial charge in [-0.15, -0.1) is 0 Å². The Morgan fingerprint density at radius 2 is 1.80 bits per heavy atom. The van der Waals surface area contributed by atoms with Crippen molar-refractivity contribution < 1.29 is 32.9 Å². The normalized spacial score (nSPS) is 18.7. The topological polar surface area (TPSA) is 93.4 Å². The van der Waals surface area contributed by atoms with Gasteiger partial charge in [0.25, 0.3) is 0 Å². The molecule has 1 heterocycles.